The lowest BCUT2D eigenvalue weighted by Crippen LogP contribution is -2.50. The molecule has 41 heavy (non-hydrogen) atoms. The van der Waals surface area contributed by atoms with Gasteiger partial charge in [0.2, 0.25) is 11.8 Å². The normalized spacial score (nSPS) is 16.7. The van der Waals surface area contributed by atoms with Crippen molar-refractivity contribution in [3.8, 4) is 17.1 Å². The summed E-state index contributed by atoms with van der Waals surface area (Å²) in [6.45, 7) is 8.69. The Labute approximate surface area is 241 Å². The number of anilines is 2. The van der Waals surface area contributed by atoms with Crippen molar-refractivity contribution in [2.75, 3.05) is 11.9 Å². The summed E-state index contributed by atoms with van der Waals surface area (Å²) >= 11 is 0. The third-order valence-electron chi connectivity index (χ3n) is 6.41. The van der Waals surface area contributed by atoms with Crippen LogP contribution in [0.15, 0.2) is 43.0 Å². The number of nitrogens with zero attached hydrogens (tertiary/aromatic N) is 6. The van der Waals surface area contributed by atoms with Crippen molar-refractivity contribution < 1.29 is 19.0 Å². The zero-order valence-corrected chi connectivity index (χ0v) is 25.0. The van der Waals surface area contributed by atoms with Gasteiger partial charge in [0, 0.05) is 50.1 Å². The van der Waals surface area contributed by atoms with Gasteiger partial charge in [-0.05, 0) is 32.9 Å². The Bertz CT molecular complexity index is 1480. The Morgan fingerprint density at radius 3 is 2.71 bits per heavy atom. The van der Waals surface area contributed by atoms with Gasteiger partial charge in [0.25, 0.3) is 0 Å². The van der Waals surface area contributed by atoms with Crippen LogP contribution in [0.5, 0.6) is 5.88 Å². The first-order valence-electron chi connectivity index (χ1n) is 13.6. The van der Waals surface area contributed by atoms with Gasteiger partial charge in [-0.3, -0.25) is 9.67 Å². The van der Waals surface area contributed by atoms with Crippen molar-refractivity contribution in [2.45, 2.75) is 70.7 Å². The molecule has 4 heterocycles. The van der Waals surface area contributed by atoms with E-state index in [0.717, 1.165) is 37.9 Å². The molecule has 4 aromatic rings. The monoisotopic (exact) mass is 576 g/mol. The molecule has 12 nitrogen and oxygen atoms in total. The van der Waals surface area contributed by atoms with Gasteiger partial charge < -0.3 is 29.4 Å². The minimum absolute atomic E-state index is 0.0345. The number of aromatic nitrogens is 6. The Morgan fingerprint density at radius 1 is 1.20 bits per heavy atom. The molecule has 0 saturated heterocycles. The van der Waals surface area contributed by atoms with Gasteiger partial charge in [-0.25, -0.2) is 4.79 Å². The van der Waals surface area contributed by atoms with E-state index in [9.17, 15) is 4.79 Å². The molecule has 1 amide bonds. The van der Waals surface area contributed by atoms with E-state index in [1.54, 1.807) is 17.1 Å². The number of hydrogen-bond acceptors (Lipinski definition) is 9. The molecular weight excluding hydrogens is 540 g/mol. The SMILES string of the molecule is C[Si+]CCOCn1cc(-c2ccccn2)c2c(OC3CC(NC(=O)OC(C)(C)C)C3)nc(Nc3cnn(C)c3)nc21. The lowest BCUT2D eigenvalue weighted by Gasteiger charge is -2.35. The summed E-state index contributed by atoms with van der Waals surface area (Å²) in [5.41, 5.74) is 2.51. The van der Waals surface area contributed by atoms with Crippen LogP contribution in [0.1, 0.15) is 33.6 Å². The third-order valence-corrected chi connectivity index (χ3v) is 7.11. The lowest BCUT2D eigenvalue weighted by molar-refractivity contribution is 0.0358. The molecule has 0 unspecified atom stereocenters. The van der Waals surface area contributed by atoms with E-state index in [0.29, 0.717) is 43.7 Å². The first-order chi connectivity index (χ1) is 19.7. The van der Waals surface area contributed by atoms with Crippen molar-refractivity contribution in [3.05, 3.63) is 43.0 Å². The Hall–Kier alpha value is -3.97. The Balaban J connectivity index is 1.46. The number of fused-ring (bicyclic) bond motifs is 1. The van der Waals surface area contributed by atoms with Crippen LogP contribution in [0.2, 0.25) is 12.6 Å². The van der Waals surface area contributed by atoms with Crippen molar-refractivity contribution >= 4 is 38.3 Å². The molecule has 0 spiro atoms. The largest absolute Gasteiger partial charge is 0.479 e. The number of carbonyl (C=O) groups excluding carboxylic acids is 1. The number of aryl methyl sites for hydroxylation is 1. The average Bonchev–Trinajstić information content (AvgIpc) is 3.48. The molecule has 0 atom stereocenters. The highest BCUT2D eigenvalue weighted by Crippen LogP contribution is 2.38. The highest BCUT2D eigenvalue weighted by molar-refractivity contribution is 6.33. The van der Waals surface area contributed by atoms with Crippen molar-refractivity contribution in [1.29, 1.82) is 0 Å². The van der Waals surface area contributed by atoms with Gasteiger partial charge in [-0.15, -0.1) is 0 Å². The number of amides is 1. The van der Waals surface area contributed by atoms with E-state index in [1.165, 1.54) is 0 Å². The summed E-state index contributed by atoms with van der Waals surface area (Å²) < 4.78 is 21.5. The predicted molar refractivity (Wildman–Crippen MR) is 156 cm³/mol. The Morgan fingerprint density at radius 2 is 2.02 bits per heavy atom. The number of rotatable bonds is 11. The summed E-state index contributed by atoms with van der Waals surface area (Å²) in [4.78, 5) is 26.5. The minimum atomic E-state index is -0.552. The van der Waals surface area contributed by atoms with Crippen molar-refractivity contribution in [2.24, 2.45) is 7.05 Å². The second-order valence-electron chi connectivity index (χ2n) is 11.0. The second-order valence-corrected chi connectivity index (χ2v) is 12.2. The highest BCUT2D eigenvalue weighted by atomic mass is 28.2. The van der Waals surface area contributed by atoms with Gasteiger partial charge in [0.1, 0.15) is 24.5 Å². The minimum Gasteiger partial charge on any atom is -0.474 e. The number of nitrogens with one attached hydrogen (secondary N) is 2. The van der Waals surface area contributed by atoms with Gasteiger partial charge >= 0.3 is 15.6 Å². The van der Waals surface area contributed by atoms with Gasteiger partial charge in [0.05, 0.1) is 36.1 Å². The maximum absolute atomic E-state index is 12.2. The van der Waals surface area contributed by atoms with Crippen LogP contribution in [0.3, 0.4) is 0 Å². The molecular formula is C28H36N8O4Si+. The van der Waals surface area contributed by atoms with Crippen LogP contribution in [0.25, 0.3) is 22.3 Å². The molecule has 0 aromatic carbocycles. The summed E-state index contributed by atoms with van der Waals surface area (Å²) in [7, 11) is 2.67. The molecule has 0 aliphatic heterocycles. The van der Waals surface area contributed by atoms with E-state index in [-0.39, 0.29) is 12.1 Å². The fourth-order valence-corrected chi connectivity index (χ4v) is 4.82. The zero-order valence-electron chi connectivity index (χ0n) is 24.0. The van der Waals surface area contributed by atoms with E-state index in [1.807, 2.05) is 63.0 Å². The predicted octanol–water partition coefficient (Wildman–Crippen LogP) is 4.55. The number of carbonyl (C=O) groups is 1. The van der Waals surface area contributed by atoms with Gasteiger partial charge in [-0.1, -0.05) is 6.07 Å². The molecule has 4 aromatic heterocycles. The number of pyridine rings is 1. The molecule has 0 bridgehead atoms. The van der Waals surface area contributed by atoms with Crippen LogP contribution < -0.4 is 15.4 Å². The van der Waals surface area contributed by atoms with Crippen molar-refractivity contribution in [1.82, 2.24) is 34.6 Å². The number of ether oxygens (including phenoxy) is 3. The Kier molecular flexibility index (Phi) is 8.54. The van der Waals surface area contributed by atoms with Crippen LogP contribution >= 0.6 is 0 Å². The van der Waals surface area contributed by atoms with Crippen LogP contribution in [0, 0.1) is 0 Å². The molecule has 13 heteroatoms. The van der Waals surface area contributed by atoms with E-state index >= 15 is 0 Å². The van der Waals surface area contributed by atoms with E-state index in [4.69, 9.17) is 24.2 Å². The van der Waals surface area contributed by atoms with Crippen LogP contribution in [0.4, 0.5) is 16.4 Å². The topological polar surface area (TPSA) is 130 Å². The summed E-state index contributed by atoms with van der Waals surface area (Å²) in [5.74, 6) is 0.821. The maximum Gasteiger partial charge on any atom is 0.479 e. The molecule has 1 aliphatic carbocycles. The first-order valence-corrected chi connectivity index (χ1v) is 15.4. The third kappa shape index (κ3) is 7.22. The smallest absolute Gasteiger partial charge is 0.474 e. The maximum atomic E-state index is 12.2. The molecule has 1 fully saturated rings. The first kappa shape index (κ1) is 28.6. The standard InChI is InChI=1S/C28H36N8O4Si/c1-28(2,3)40-27(37)32-18-12-20(13-18)39-25-23-21(22-8-6-7-9-29-22)16-36(17-38-10-11-41-5)24(23)33-26(34-25)31-19-14-30-35(4)15-19/h6-9,14-16,18,20H,10-13,17H2,1-5H3,(H,32,37)(H,31,33,34)/q+1. The molecule has 1 aliphatic rings. The number of alkyl carbamates (subject to hydrolysis) is 1. The quantitative estimate of drug-likeness (QED) is 0.195. The van der Waals surface area contributed by atoms with Crippen LogP contribution in [-0.4, -0.2) is 69.3 Å². The summed E-state index contributed by atoms with van der Waals surface area (Å²) in [5, 5.41) is 11.2. The highest BCUT2D eigenvalue weighted by Gasteiger charge is 2.34. The fraction of sp³-hybridized carbons (Fsp3) is 0.464. The fourth-order valence-electron chi connectivity index (χ4n) is 4.47. The molecule has 1 saturated carbocycles. The lowest BCUT2D eigenvalue weighted by atomic mass is 9.89. The van der Waals surface area contributed by atoms with Crippen LogP contribution in [-0.2, 0) is 23.3 Å². The summed E-state index contributed by atoms with van der Waals surface area (Å²) in [6, 6.07) is 6.75. The van der Waals surface area contributed by atoms with Gasteiger partial charge in [0.15, 0.2) is 5.65 Å². The van der Waals surface area contributed by atoms with E-state index < -0.39 is 11.7 Å². The number of hydrogen-bond donors (Lipinski definition) is 2. The molecule has 1 radical (unpaired) electrons. The summed E-state index contributed by atoms with van der Waals surface area (Å²) in [6.07, 6.45) is 8.01. The average molecular weight is 577 g/mol. The van der Waals surface area contributed by atoms with Gasteiger partial charge in [-0.2, -0.15) is 15.1 Å². The second kappa shape index (κ2) is 12.3. The van der Waals surface area contributed by atoms with Crippen molar-refractivity contribution in [3.63, 3.8) is 0 Å². The molecule has 2 N–H and O–H groups in total. The van der Waals surface area contributed by atoms with E-state index in [2.05, 4.69) is 27.3 Å². The molecule has 215 valence electrons. The molecule has 5 rings (SSSR count). The zero-order chi connectivity index (χ0) is 29.0.